The van der Waals surface area contributed by atoms with Crippen molar-refractivity contribution in [2.24, 2.45) is 5.92 Å². The molecule has 5 nitrogen and oxygen atoms in total. The minimum absolute atomic E-state index is 0.00497. The van der Waals surface area contributed by atoms with Gasteiger partial charge < -0.3 is 15.2 Å². The fourth-order valence-corrected chi connectivity index (χ4v) is 1.95. The van der Waals surface area contributed by atoms with Gasteiger partial charge in [0.1, 0.15) is 5.75 Å². The van der Waals surface area contributed by atoms with Gasteiger partial charge in [0, 0.05) is 17.0 Å². The molecule has 21 heavy (non-hydrogen) atoms. The lowest BCUT2D eigenvalue weighted by molar-refractivity contribution is -0.118. The number of phenols is 1. The first-order chi connectivity index (χ1) is 9.92. The molecule has 2 rings (SSSR count). The molecule has 0 saturated carbocycles. The number of benzene rings is 2. The summed E-state index contributed by atoms with van der Waals surface area (Å²) in [5.41, 5.74) is 0.873. The maximum atomic E-state index is 11.7. The zero-order valence-corrected chi connectivity index (χ0v) is 12.1. The van der Waals surface area contributed by atoms with E-state index in [0.717, 1.165) is 0 Å². The van der Waals surface area contributed by atoms with Crippen LogP contribution in [0, 0.1) is 5.92 Å². The average molecular weight is 287 g/mol. The second-order valence-corrected chi connectivity index (χ2v) is 5.07. The predicted molar refractivity (Wildman–Crippen MR) is 80.4 cm³/mol. The van der Waals surface area contributed by atoms with Crippen molar-refractivity contribution in [3.63, 3.8) is 0 Å². The van der Waals surface area contributed by atoms with E-state index in [0.29, 0.717) is 16.5 Å². The molecule has 1 amide bonds. The minimum Gasteiger partial charge on any atom is -0.507 e. The Kier molecular flexibility index (Phi) is 4.12. The Labute approximate surface area is 122 Å². The summed E-state index contributed by atoms with van der Waals surface area (Å²) in [6.07, 6.45) is 0. The number of aromatic hydroxyl groups is 1. The van der Waals surface area contributed by atoms with Crippen molar-refractivity contribution in [3.8, 4) is 5.75 Å². The third kappa shape index (κ3) is 3.13. The van der Waals surface area contributed by atoms with Gasteiger partial charge in [0.25, 0.3) is 0 Å². The lowest BCUT2D eigenvalue weighted by atomic mass is 10.0. The summed E-state index contributed by atoms with van der Waals surface area (Å²) in [5.74, 6) is -0.753. The lowest BCUT2D eigenvalue weighted by Crippen LogP contribution is -2.17. The van der Waals surface area contributed by atoms with Gasteiger partial charge in [-0.2, -0.15) is 0 Å². The molecule has 5 heteroatoms. The van der Waals surface area contributed by atoms with Gasteiger partial charge in [-0.15, -0.1) is 0 Å². The van der Waals surface area contributed by atoms with Crippen molar-refractivity contribution in [1.29, 1.82) is 0 Å². The zero-order valence-electron chi connectivity index (χ0n) is 12.1. The van der Waals surface area contributed by atoms with E-state index in [9.17, 15) is 14.7 Å². The van der Waals surface area contributed by atoms with Crippen LogP contribution in [0.2, 0.25) is 0 Å². The number of nitrogens with one attached hydrogen (secondary N) is 1. The number of fused-ring (bicyclic) bond motifs is 1. The molecule has 0 aliphatic rings. The van der Waals surface area contributed by atoms with E-state index >= 15 is 0 Å². The van der Waals surface area contributed by atoms with E-state index in [1.807, 2.05) is 0 Å². The molecule has 0 saturated heterocycles. The first-order valence-corrected chi connectivity index (χ1v) is 6.58. The number of rotatable bonds is 3. The molecule has 0 aliphatic carbocycles. The smallest absolute Gasteiger partial charge is 0.338 e. The van der Waals surface area contributed by atoms with Crippen LogP contribution in [0.3, 0.4) is 0 Å². The number of amides is 1. The molecule has 2 N–H and O–H groups in total. The number of anilines is 1. The Balaban J connectivity index is 2.45. The van der Waals surface area contributed by atoms with Crippen LogP contribution in [0.25, 0.3) is 10.8 Å². The first kappa shape index (κ1) is 14.8. The van der Waals surface area contributed by atoms with Gasteiger partial charge in [0.2, 0.25) is 5.91 Å². The van der Waals surface area contributed by atoms with Crippen molar-refractivity contribution < 1.29 is 19.4 Å². The molecule has 2 aromatic carbocycles. The molecule has 2 aromatic rings. The highest BCUT2D eigenvalue weighted by atomic mass is 16.5. The third-order valence-electron chi connectivity index (χ3n) is 3.14. The Hall–Kier alpha value is -2.56. The van der Waals surface area contributed by atoms with Crippen LogP contribution in [0.5, 0.6) is 5.75 Å². The van der Waals surface area contributed by atoms with Crippen LogP contribution < -0.4 is 5.32 Å². The maximum Gasteiger partial charge on any atom is 0.338 e. The summed E-state index contributed by atoms with van der Waals surface area (Å²) in [7, 11) is 1.28. The van der Waals surface area contributed by atoms with E-state index < -0.39 is 5.97 Å². The van der Waals surface area contributed by atoms with Crippen molar-refractivity contribution in [2.45, 2.75) is 13.8 Å². The molecule has 0 unspecified atom stereocenters. The average Bonchev–Trinajstić information content (AvgIpc) is 2.45. The van der Waals surface area contributed by atoms with Gasteiger partial charge in [-0.1, -0.05) is 13.8 Å². The van der Waals surface area contributed by atoms with Crippen LogP contribution in [-0.4, -0.2) is 24.1 Å². The SMILES string of the molecule is COC(=O)c1cc(O)c2ccc(NC(=O)C(C)C)cc2c1. The molecule has 0 spiro atoms. The van der Waals surface area contributed by atoms with Crippen molar-refractivity contribution >= 4 is 28.3 Å². The van der Waals surface area contributed by atoms with Crippen LogP contribution in [0.1, 0.15) is 24.2 Å². The standard InChI is InChI=1S/C16H17NO4/c1-9(2)15(19)17-12-4-5-13-10(7-12)6-11(8-14(13)18)16(20)21-3/h4-9,18H,1-3H3,(H,17,19). The number of hydrogen-bond acceptors (Lipinski definition) is 4. The van der Waals surface area contributed by atoms with E-state index in [4.69, 9.17) is 0 Å². The van der Waals surface area contributed by atoms with Crippen molar-refractivity contribution in [1.82, 2.24) is 0 Å². The Morgan fingerprint density at radius 2 is 1.90 bits per heavy atom. The van der Waals surface area contributed by atoms with E-state index in [1.54, 1.807) is 38.1 Å². The minimum atomic E-state index is -0.524. The normalized spacial score (nSPS) is 10.7. The molecular formula is C16H17NO4. The monoisotopic (exact) mass is 287 g/mol. The number of carbonyl (C=O) groups excluding carboxylic acids is 2. The highest BCUT2D eigenvalue weighted by Gasteiger charge is 2.12. The summed E-state index contributed by atoms with van der Waals surface area (Å²) in [4.78, 5) is 23.3. The number of ether oxygens (including phenoxy) is 1. The summed E-state index contributed by atoms with van der Waals surface area (Å²) >= 11 is 0. The summed E-state index contributed by atoms with van der Waals surface area (Å²) in [5, 5.41) is 14.0. The van der Waals surface area contributed by atoms with Crippen LogP contribution >= 0.6 is 0 Å². The van der Waals surface area contributed by atoms with Gasteiger partial charge in [0.05, 0.1) is 12.7 Å². The van der Waals surface area contributed by atoms with Gasteiger partial charge in [-0.05, 0) is 35.7 Å². The Morgan fingerprint density at radius 1 is 1.19 bits per heavy atom. The summed E-state index contributed by atoms with van der Waals surface area (Å²) < 4.78 is 4.65. The highest BCUT2D eigenvalue weighted by molar-refractivity contribution is 6.00. The molecule has 0 fully saturated rings. The fourth-order valence-electron chi connectivity index (χ4n) is 1.95. The van der Waals surface area contributed by atoms with Gasteiger partial charge in [0.15, 0.2) is 0 Å². The Morgan fingerprint density at radius 3 is 2.52 bits per heavy atom. The van der Waals surface area contributed by atoms with Crippen LogP contribution in [0.4, 0.5) is 5.69 Å². The lowest BCUT2D eigenvalue weighted by Gasteiger charge is -2.10. The molecular weight excluding hydrogens is 270 g/mol. The molecule has 0 bridgehead atoms. The van der Waals surface area contributed by atoms with E-state index in [-0.39, 0.29) is 23.1 Å². The van der Waals surface area contributed by atoms with Gasteiger partial charge >= 0.3 is 5.97 Å². The molecule has 0 radical (unpaired) electrons. The van der Waals surface area contributed by atoms with Crippen molar-refractivity contribution in [3.05, 3.63) is 35.9 Å². The zero-order chi connectivity index (χ0) is 15.6. The molecule has 0 aromatic heterocycles. The summed E-state index contributed by atoms with van der Waals surface area (Å²) in [6, 6.07) is 8.09. The highest BCUT2D eigenvalue weighted by Crippen LogP contribution is 2.29. The Bertz CT molecular complexity index is 707. The fraction of sp³-hybridized carbons (Fsp3) is 0.250. The second kappa shape index (κ2) is 5.83. The largest absolute Gasteiger partial charge is 0.507 e. The molecule has 0 atom stereocenters. The van der Waals surface area contributed by atoms with Crippen LogP contribution in [0.15, 0.2) is 30.3 Å². The maximum absolute atomic E-state index is 11.7. The van der Waals surface area contributed by atoms with Gasteiger partial charge in [-0.25, -0.2) is 4.79 Å². The third-order valence-corrected chi connectivity index (χ3v) is 3.14. The molecule has 0 heterocycles. The van der Waals surface area contributed by atoms with E-state index in [1.165, 1.54) is 13.2 Å². The van der Waals surface area contributed by atoms with Crippen LogP contribution in [-0.2, 0) is 9.53 Å². The first-order valence-electron chi connectivity index (χ1n) is 6.58. The second-order valence-electron chi connectivity index (χ2n) is 5.07. The van der Waals surface area contributed by atoms with E-state index in [2.05, 4.69) is 10.1 Å². The quantitative estimate of drug-likeness (QED) is 0.851. The molecule has 110 valence electrons. The predicted octanol–water partition coefficient (Wildman–Crippen LogP) is 2.93. The number of esters is 1. The number of phenolic OH excluding ortho intramolecular Hbond substituents is 1. The number of carbonyl (C=O) groups is 2. The van der Waals surface area contributed by atoms with Crippen molar-refractivity contribution in [2.75, 3.05) is 12.4 Å². The topological polar surface area (TPSA) is 75.6 Å². The number of methoxy groups -OCH3 is 1. The van der Waals surface area contributed by atoms with Gasteiger partial charge in [-0.3, -0.25) is 4.79 Å². The summed E-state index contributed by atoms with van der Waals surface area (Å²) in [6.45, 7) is 3.61. The number of hydrogen-bond donors (Lipinski definition) is 2. The molecule has 0 aliphatic heterocycles.